The Labute approximate surface area is 154 Å². The Morgan fingerprint density at radius 1 is 0.885 bits per heavy atom. The van der Waals surface area contributed by atoms with Gasteiger partial charge in [0.05, 0.1) is 0 Å². The summed E-state index contributed by atoms with van der Waals surface area (Å²) in [6, 6.07) is 19.3. The molecular formula is C22H25NO3. The Kier molecular flexibility index (Phi) is 5.05. The number of esters is 1. The number of likely N-dealkylation sites (tertiary alicyclic amines) is 1. The fourth-order valence-electron chi connectivity index (χ4n) is 3.94. The molecule has 2 aliphatic rings. The first-order valence-electron chi connectivity index (χ1n) is 9.51. The number of cyclic esters (lactones) is 1. The number of carbonyl (C=O) groups is 1. The van der Waals surface area contributed by atoms with Crippen molar-refractivity contribution >= 4 is 5.97 Å². The minimum absolute atomic E-state index is 0.321. The molecule has 2 saturated heterocycles. The second-order valence-corrected chi connectivity index (χ2v) is 7.06. The van der Waals surface area contributed by atoms with E-state index in [2.05, 4.69) is 4.90 Å². The highest BCUT2D eigenvalue weighted by Crippen LogP contribution is 2.41. The van der Waals surface area contributed by atoms with Gasteiger partial charge in [-0.1, -0.05) is 67.1 Å². The summed E-state index contributed by atoms with van der Waals surface area (Å²) in [6.07, 6.45) is 4.01. The van der Waals surface area contributed by atoms with E-state index >= 15 is 0 Å². The Hall–Kier alpha value is -2.17. The average Bonchev–Trinajstić information content (AvgIpc) is 3.06. The summed E-state index contributed by atoms with van der Waals surface area (Å²) in [5.41, 5.74) is 0.461. The van der Waals surface area contributed by atoms with Crippen molar-refractivity contribution in [2.75, 3.05) is 19.6 Å². The van der Waals surface area contributed by atoms with Crippen LogP contribution in [0.5, 0.6) is 0 Å². The maximum absolute atomic E-state index is 13.0. The summed E-state index contributed by atoms with van der Waals surface area (Å²) in [7, 11) is 0. The van der Waals surface area contributed by atoms with E-state index in [0.29, 0.717) is 6.42 Å². The van der Waals surface area contributed by atoms with E-state index in [0.717, 1.165) is 30.8 Å². The molecular weight excluding hydrogens is 326 g/mol. The fraction of sp³-hybridized carbons (Fsp3) is 0.409. The van der Waals surface area contributed by atoms with Gasteiger partial charge in [0.25, 0.3) is 0 Å². The van der Waals surface area contributed by atoms with E-state index in [4.69, 9.17) is 9.47 Å². The molecule has 0 saturated carbocycles. The van der Waals surface area contributed by atoms with Crippen LogP contribution >= 0.6 is 0 Å². The molecule has 0 bridgehead atoms. The number of ether oxygens (including phenoxy) is 2. The first-order valence-corrected chi connectivity index (χ1v) is 9.51. The van der Waals surface area contributed by atoms with Crippen LogP contribution < -0.4 is 0 Å². The predicted molar refractivity (Wildman–Crippen MR) is 99.5 cm³/mol. The molecule has 0 aromatic heterocycles. The van der Waals surface area contributed by atoms with E-state index in [9.17, 15) is 4.79 Å². The lowest BCUT2D eigenvalue weighted by Crippen LogP contribution is -2.35. The molecule has 0 N–H and O–H groups in total. The molecule has 2 heterocycles. The zero-order valence-corrected chi connectivity index (χ0v) is 15.0. The number of hydrogen-bond donors (Lipinski definition) is 0. The Bertz CT molecular complexity index is 686. The molecule has 2 aromatic rings. The van der Waals surface area contributed by atoms with Crippen LogP contribution in [0.2, 0.25) is 0 Å². The van der Waals surface area contributed by atoms with Gasteiger partial charge in [-0.15, -0.1) is 0 Å². The second kappa shape index (κ2) is 7.60. The topological polar surface area (TPSA) is 38.8 Å². The number of hydrogen-bond acceptors (Lipinski definition) is 4. The minimum atomic E-state index is -1.17. The van der Waals surface area contributed by atoms with Gasteiger partial charge in [-0.25, -0.2) is 4.79 Å². The molecule has 2 fully saturated rings. The van der Waals surface area contributed by atoms with Crippen molar-refractivity contribution in [1.29, 1.82) is 0 Å². The van der Waals surface area contributed by atoms with Crippen LogP contribution in [0.3, 0.4) is 0 Å². The van der Waals surface area contributed by atoms with Gasteiger partial charge < -0.3 is 14.4 Å². The van der Waals surface area contributed by atoms with Crippen molar-refractivity contribution in [1.82, 2.24) is 4.90 Å². The third kappa shape index (κ3) is 3.27. The standard InChI is InChI=1S/C22H25NO3/c24-21-22(18-10-4-1-5-11-18,19-12-6-2-7-13-19)26-20(25-21)14-17-23-15-8-3-9-16-23/h1-2,4-7,10-13,20H,3,8-9,14-17H2. The molecule has 4 heteroatoms. The van der Waals surface area contributed by atoms with E-state index in [-0.39, 0.29) is 5.97 Å². The lowest BCUT2D eigenvalue weighted by molar-refractivity contribution is -0.145. The van der Waals surface area contributed by atoms with Gasteiger partial charge in [0.1, 0.15) is 0 Å². The molecule has 0 amide bonds. The molecule has 1 atom stereocenters. The first-order chi connectivity index (χ1) is 12.8. The Morgan fingerprint density at radius 3 is 2.04 bits per heavy atom. The number of rotatable bonds is 5. The van der Waals surface area contributed by atoms with E-state index < -0.39 is 11.9 Å². The summed E-state index contributed by atoms with van der Waals surface area (Å²) in [5, 5.41) is 0. The van der Waals surface area contributed by atoms with Gasteiger partial charge in [0.15, 0.2) is 0 Å². The molecule has 1 unspecified atom stereocenters. The van der Waals surface area contributed by atoms with Crippen LogP contribution in [-0.2, 0) is 19.9 Å². The third-order valence-corrected chi connectivity index (χ3v) is 5.32. The molecule has 0 radical (unpaired) electrons. The van der Waals surface area contributed by atoms with E-state index in [1.54, 1.807) is 0 Å². The number of benzene rings is 2. The van der Waals surface area contributed by atoms with Crippen LogP contribution in [-0.4, -0.2) is 36.8 Å². The molecule has 4 rings (SSSR count). The van der Waals surface area contributed by atoms with Gasteiger partial charge >= 0.3 is 5.97 Å². The SMILES string of the molecule is O=C1OC(CCN2CCCCC2)OC1(c1ccccc1)c1ccccc1. The fourth-order valence-corrected chi connectivity index (χ4v) is 3.94. The lowest BCUT2D eigenvalue weighted by atomic mass is 9.86. The summed E-state index contributed by atoms with van der Waals surface area (Å²) in [5.74, 6) is -0.321. The number of carbonyl (C=O) groups excluding carboxylic acids is 1. The monoisotopic (exact) mass is 351 g/mol. The summed E-state index contributed by atoms with van der Waals surface area (Å²) in [4.78, 5) is 15.4. The Balaban J connectivity index is 1.57. The van der Waals surface area contributed by atoms with Crippen LogP contribution in [0.4, 0.5) is 0 Å². The summed E-state index contributed by atoms with van der Waals surface area (Å²) >= 11 is 0. The molecule has 2 aromatic carbocycles. The zero-order chi connectivity index (χ0) is 17.8. The molecule has 26 heavy (non-hydrogen) atoms. The van der Waals surface area contributed by atoms with Crippen molar-refractivity contribution in [3.05, 3.63) is 71.8 Å². The van der Waals surface area contributed by atoms with Crippen molar-refractivity contribution in [3.63, 3.8) is 0 Å². The van der Waals surface area contributed by atoms with Crippen LogP contribution in [0.1, 0.15) is 36.8 Å². The normalized spacial score (nSPS) is 22.9. The second-order valence-electron chi connectivity index (χ2n) is 7.06. The van der Waals surface area contributed by atoms with Gasteiger partial charge in [0.2, 0.25) is 11.9 Å². The molecule has 0 spiro atoms. The average molecular weight is 351 g/mol. The van der Waals surface area contributed by atoms with Gasteiger partial charge in [-0.05, 0) is 37.1 Å². The number of nitrogens with zero attached hydrogens (tertiary/aromatic N) is 1. The van der Waals surface area contributed by atoms with Crippen molar-refractivity contribution < 1.29 is 14.3 Å². The maximum atomic E-state index is 13.0. The molecule has 4 nitrogen and oxygen atoms in total. The van der Waals surface area contributed by atoms with Crippen molar-refractivity contribution in [2.45, 2.75) is 37.6 Å². The van der Waals surface area contributed by atoms with Gasteiger partial charge in [0, 0.05) is 13.0 Å². The minimum Gasteiger partial charge on any atom is -0.433 e. The van der Waals surface area contributed by atoms with Crippen LogP contribution in [0.25, 0.3) is 0 Å². The van der Waals surface area contributed by atoms with Crippen LogP contribution in [0, 0.1) is 0 Å². The third-order valence-electron chi connectivity index (χ3n) is 5.32. The zero-order valence-electron chi connectivity index (χ0n) is 15.0. The van der Waals surface area contributed by atoms with E-state index in [1.165, 1.54) is 19.3 Å². The highest BCUT2D eigenvalue weighted by atomic mass is 16.8. The summed E-state index contributed by atoms with van der Waals surface area (Å²) < 4.78 is 12.0. The van der Waals surface area contributed by atoms with E-state index in [1.807, 2.05) is 60.7 Å². The summed E-state index contributed by atoms with van der Waals surface area (Å²) in [6.45, 7) is 3.16. The maximum Gasteiger partial charge on any atom is 0.350 e. The molecule has 136 valence electrons. The quantitative estimate of drug-likeness (QED) is 0.770. The lowest BCUT2D eigenvalue weighted by Gasteiger charge is -2.28. The Morgan fingerprint density at radius 2 is 1.46 bits per heavy atom. The van der Waals surface area contributed by atoms with Gasteiger partial charge in [-0.3, -0.25) is 0 Å². The molecule has 0 aliphatic carbocycles. The largest absolute Gasteiger partial charge is 0.433 e. The van der Waals surface area contributed by atoms with Crippen molar-refractivity contribution in [3.8, 4) is 0 Å². The van der Waals surface area contributed by atoms with Crippen LogP contribution in [0.15, 0.2) is 60.7 Å². The van der Waals surface area contributed by atoms with Crippen molar-refractivity contribution in [2.24, 2.45) is 0 Å². The molecule has 2 aliphatic heterocycles. The predicted octanol–water partition coefficient (Wildman–Crippen LogP) is 3.71. The van der Waals surface area contributed by atoms with Gasteiger partial charge in [-0.2, -0.15) is 0 Å². The smallest absolute Gasteiger partial charge is 0.350 e. The number of piperidine rings is 1. The highest BCUT2D eigenvalue weighted by molar-refractivity contribution is 5.87. The highest BCUT2D eigenvalue weighted by Gasteiger charge is 2.53. The first kappa shape index (κ1) is 17.3.